The van der Waals surface area contributed by atoms with Gasteiger partial charge in [0.1, 0.15) is 6.04 Å². The van der Waals surface area contributed by atoms with Crippen LogP contribution in [0.15, 0.2) is 18.2 Å². The number of hydrogen-bond donors (Lipinski definition) is 1. The molecule has 1 aromatic rings. The van der Waals surface area contributed by atoms with E-state index in [1.165, 1.54) is 0 Å². The van der Waals surface area contributed by atoms with E-state index in [1.807, 2.05) is 13.8 Å². The molecule has 0 aliphatic carbocycles. The topological polar surface area (TPSA) is 49.4 Å². The first kappa shape index (κ1) is 15.1. The van der Waals surface area contributed by atoms with Crippen molar-refractivity contribution in [3.05, 3.63) is 28.2 Å². The zero-order valence-electron chi connectivity index (χ0n) is 11.3. The number of amides is 2. The monoisotopic (exact) mass is 314 g/mol. The van der Waals surface area contributed by atoms with E-state index in [-0.39, 0.29) is 24.2 Å². The van der Waals surface area contributed by atoms with Crippen molar-refractivity contribution in [1.82, 2.24) is 5.32 Å². The van der Waals surface area contributed by atoms with E-state index in [1.54, 1.807) is 23.1 Å². The maximum absolute atomic E-state index is 12.6. The summed E-state index contributed by atoms with van der Waals surface area (Å²) in [5, 5.41) is 3.67. The molecule has 0 saturated carbocycles. The summed E-state index contributed by atoms with van der Waals surface area (Å²) < 4.78 is 0. The zero-order valence-corrected chi connectivity index (χ0v) is 12.8. The fraction of sp³-hybridized carbons (Fsp3) is 0.429. The summed E-state index contributed by atoms with van der Waals surface area (Å²) in [6.45, 7) is 4.11. The van der Waals surface area contributed by atoms with Gasteiger partial charge in [-0.2, -0.15) is 0 Å². The number of carbonyl (C=O) groups excluding carboxylic acids is 2. The number of anilines is 1. The number of halogens is 2. The minimum absolute atomic E-state index is 0.0122. The molecule has 1 N–H and O–H groups in total. The van der Waals surface area contributed by atoms with Gasteiger partial charge in [0, 0.05) is 18.0 Å². The predicted octanol–water partition coefficient (Wildman–Crippen LogP) is 2.87. The minimum atomic E-state index is -0.531. The molecule has 1 aliphatic rings. The predicted molar refractivity (Wildman–Crippen MR) is 80.2 cm³/mol. The average molecular weight is 315 g/mol. The molecule has 1 fully saturated rings. The Hall–Kier alpha value is -1.26. The second kappa shape index (κ2) is 6.02. The summed E-state index contributed by atoms with van der Waals surface area (Å²) >= 11 is 12.0. The van der Waals surface area contributed by atoms with E-state index in [2.05, 4.69) is 5.32 Å². The zero-order chi connectivity index (χ0) is 14.9. The number of nitrogens with one attached hydrogen (secondary N) is 1. The van der Waals surface area contributed by atoms with Gasteiger partial charge in [-0.1, -0.05) is 37.0 Å². The molecular weight excluding hydrogens is 299 g/mol. The lowest BCUT2D eigenvalue weighted by atomic mass is 10.0. The molecule has 1 aliphatic heterocycles. The Morgan fingerprint density at radius 3 is 2.60 bits per heavy atom. The van der Waals surface area contributed by atoms with Crippen molar-refractivity contribution >= 4 is 40.7 Å². The molecule has 2 rings (SSSR count). The summed E-state index contributed by atoms with van der Waals surface area (Å²) in [7, 11) is 0. The Bertz CT molecular complexity index is 546. The largest absolute Gasteiger partial charge is 0.344 e. The third-order valence-electron chi connectivity index (χ3n) is 3.28. The van der Waals surface area contributed by atoms with Gasteiger partial charge < -0.3 is 10.2 Å². The van der Waals surface area contributed by atoms with Crippen LogP contribution in [0.3, 0.4) is 0 Å². The van der Waals surface area contributed by atoms with Crippen LogP contribution in [0.2, 0.25) is 10.0 Å². The van der Waals surface area contributed by atoms with Crippen LogP contribution < -0.4 is 10.2 Å². The van der Waals surface area contributed by atoms with Gasteiger partial charge in [-0.05, 0) is 24.1 Å². The van der Waals surface area contributed by atoms with E-state index >= 15 is 0 Å². The number of nitrogens with zero attached hydrogens (tertiary/aromatic N) is 1. The molecule has 2 amide bonds. The molecule has 1 heterocycles. The highest BCUT2D eigenvalue weighted by Gasteiger charge is 2.33. The highest BCUT2D eigenvalue weighted by atomic mass is 35.5. The highest BCUT2D eigenvalue weighted by Crippen LogP contribution is 2.30. The van der Waals surface area contributed by atoms with Gasteiger partial charge in [0.15, 0.2) is 0 Å². The van der Waals surface area contributed by atoms with Gasteiger partial charge in [-0.3, -0.25) is 9.59 Å². The van der Waals surface area contributed by atoms with E-state index in [0.717, 1.165) is 0 Å². The van der Waals surface area contributed by atoms with Crippen molar-refractivity contribution in [3.8, 4) is 0 Å². The summed E-state index contributed by atoms with van der Waals surface area (Å²) in [4.78, 5) is 25.9. The van der Waals surface area contributed by atoms with E-state index < -0.39 is 6.04 Å². The number of benzene rings is 1. The molecule has 1 aromatic carbocycles. The van der Waals surface area contributed by atoms with Gasteiger partial charge in [-0.25, -0.2) is 0 Å². The molecule has 4 nitrogen and oxygen atoms in total. The molecule has 0 aromatic heterocycles. The molecule has 20 heavy (non-hydrogen) atoms. The van der Waals surface area contributed by atoms with Crippen LogP contribution in [-0.2, 0) is 9.59 Å². The quantitative estimate of drug-likeness (QED) is 0.912. The molecule has 1 atom stereocenters. The van der Waals surface area contributed by atoms with Crippen molar-refractivity contribution in [2.24, 2.45) is 5.92 Å². The first-order chi connectivity index (χ1) is 9.40. The van der Waals surface area contributed by atoms with Gasteiger partial charge >= 0.3 is 0 Å². The summed E-state index contributed by atoms with van der Waals surface area (Å²) in [5.41, 5.74) is 0.586. The number of carbonyl (C=O) groups is 2. The Balaban J connectivity index is 2.38. The van der Waals surface area contributed by atoms with Crippen molar-refractivity contribution in [3.63, 3.8) is 0 Å². The number of hydrogen-bond acceptors (Lipinski definition) is 2. The van der Waals surface area contributed by atoms with Crippen molar-refractivity contribution < 1.29 is 9.59 Å². The lowest BCUT2D eigenvalue weighted by Crippen LogP contribution is -2.47. The Kier molecular flexibility index (Phi) is 4.55. The van der Waals surface area contributed by atoms with Gasteiger partial charge in [0.05, 0.1) is 10.7 Å². The average Bonchev–Trinajstić information content (AvgIpc) is 2.50. The Morgan fingerprint density at radius 2 is 2.00 bits per heavy atom. The number of rotatable bonds is 2. The molecule has 108 valence electrons. The minimum Gasteiger partial charge on any atom is -0.344 e. The van der Waals surface area contributed by atoms with Gasteiger partial charge in [0.25, 0.3) is 0 Å². The van der Waals surface area contributed by atoms with Crippen LogP contribution in [0.25, 0.3) is 0 Å². The smallest absolute Gasteiger partial charge is 0.249 e. The lowest BCUT2D eigenvalue weighted by Gasteiger charge is -2.26. The molecule has 0 radical (unpaired) electrons. The lowest BCUT2D eigenvalue weighted by molar-refractivity contribution is -0.126. The normalized spacial score (nSPS) is 20.1. The molecule has 0 spiro atoms. The van der Waals surface area contributed by atoms with Gasteiger partial charge in [0.2, 0.25) is 11.8 Å². The molecule has 1 unspecified atom stereocenters. The SMILES string of the molecule is CC(C)C1NC(=O)CCN(c2ccc(Cl)cc2Cl)C1=O. The van der Waals surface area contributed by atoms with E-state index in [0.29, 0.717) is 22.3 Å². The van der Waals surface area contributed by atoms with Crippen molar-refractivity contribution in [2.75, 3.05) is 11.4 Å². The van der Waals surface area contributed by atoms with E-state index in [9.17, 15) is 9.59 Å². The second-order valence-corrected chi connectivity index (χ2v) is 5.97. The van der Waals surface area contributed by atoms with Crippen LogP contribution in [0.1, 0.15) is 20.3 Å². The van der Waals surface area contributed by atoms with Crippen molar-refractivity contribution in [2.45, 2.75) is 26.3 Å². The maximum atomic E-state index is 12.6. The summed E-state index contributed by atoms with van der Waals surface area (Å²) in [6.07, 6.45) is 0.258. The summed E-state index contributed by atoms with van der Waals surface area (Å²) in [6, 6.07) is 4.45. The first-order valence-corrected chi connectivity index (χ1v) is 7.21. The fourth-order valence-corrected chi connectivity index (χ4v) is 2.70. The van der Waals surface area contributed by atoms with Crippen LogP contribution in [0.5, 0.6) is 0 Å². The van der Waals surface area contributed by atoms with E-state index in [4.69, 9.17) is 23.2 Å². The molecular formula is C14H16Cl2N2O2. The standard InChI is InChI=1S/C14H16Cl2N2O2/c1-8(2)13-14(20)18(6-5-12(19)17-13)11-4-3-9(15)7-10(11)16/h3-4,7-8,13H,5-6H2,1-2H3,(H,17,19). The van der Waals surface area contributed by atoms with Crippen LogP contribution >= 0.6 is 23.2 Å². The second-order valence-electron chi connectivity index (χ2n) is 5.12. The molecule has 1 saturated heterocycles. The molecule has 6 heteroatoms. The van der Waals surface area contributed by atoms with Gasteiger partial charge in [-0.15, -0.1) is 0 Å². The molecule has 0 bridgehead atoms. The third-order valence-corrected chi connectivity index (χ3v) is 3.82. The Morgan fingerprint density at radius 1 is 1.30 bits per heavy atom. The fourth-order valence-electron chi connectivity index (χ4n) is 2.19. The maximum Gasteiger partial charge on any atom is 0.249 e. The van der Waals surface area contributed by atoms with Crippen LogP contribution in [-0.4, -0.2) is 24.4 Å². The Labute approximate surface area is 128 Å². The highest BCUT2D eigenvalue weighted by molar-refractivity contribution is 6.36. The summed E-state index contributed by atoms with van der Waals surface area (Å²) in [5.74, 6) is -0.252. The van der Waals surface area contributed by atoms with Crippen molar-refractivity contribution in [1.29, 1.82) is 0 Å². The first-order valence-electron chi connectivity index (χ1n) is 6.46. The third kappa shape index (κ3) is 3.07. The van der Waals surface area contributed by atoms with Crippen LogP contribution in [0, 0.1) is 5.92 Å². The van der Waals surface area contributed by atoms with Crippen LogP contribution in [0.4, 0.5) is 5.69 Å².